The molecule has 0 saturated heterocycles. The van der Waals surface area contributed by atoms with Crippen LogP contribution in [0.4, 0.5) is 28.9 Å². The summed E-state index contributed by atoms with van der Waals surface area (Å²) in [5.41, 5.74) is -1.33. The van der Waals surface area contributed by atoms with Crippen LogP contribution in [0.2, 0.25) is 5.02 Å². The molecule has 1 unspecified atom stereocenters. The van der Waals surface area contributed by atoms with E-state index in [1.54, 1.807) is 12.1 Å². The largest absolute Gasteiger partial charge is 0.418 e. The summed E-state index contributed by atoms with van der Waals surface area (Å²) in [5, 5.41) is 2.82. The smallest absolute Gasteiger partial charge is 0.323 e. The van der Waals surface area contributed by atoms with Gasteiger partial charge in [-0.1, -0.05) is 35.9 Å². The second kappa shape index (κ2) is 7.89. The van der Waals surface area contributed by atoms with E-state index in [0.29, 0.717) is 27.5 Å². The third-order valence-corrected chi connectivity index (χ3v) is 6.41. The number of nitrogens with one attached hydrogen (secondary N) is 1. The fourth-order valence-electron chi connectivity index (χ4n) is 4.43. The molecule has 0 saturated carbocycles. The molecule has 1 atom stereocenters. The van der Waals surface area contributed by atoms with E-state index in [0.717, 1.165) is 11.0 Å². The van der Waals surface area contributed by atoms with E-state index in [9.17, 15) is 22.4 Å². The van der Waals surface area contributed by atoms with Crippen molar-refractivity contribution >= 4 is 51.9 Å². The number of fused-ring (bicyclic) bond motifs is 2. The standard InChI is InChI=1S/C24H14ClF4N3OS/c25-14-7-10-18-17(11-14)23(21(33)30-18)12-19(13-5-8-15(26)9-6-13)31-22(34)32(23)20-4-2-1-3-16(20)24(27,28)29/h1-11H,12H2,(H,30,33). The first-order valence-electron chi connectivity index (χ1n) is 10.1. The number of nitrogens with zero attached hydrogens (tertiary/aromatic N) is 2. The maximum absolute atomic E-state index is 14.0. The first-order chi connectivity index (χ1) is 16.1. The van der Waals surface area contributed by atoms with Crippen molar-refractivity contribution in [3.05, 3.63) is 94.3 Å². The van der Waals surface area contributed by atoms with Crippen LogP contribution in [-0.2, 0) is 16.5 Å². The maximum atomic E-state index is 14.0. The Morgan fingerprint density at radius 2 is 1.76 bits per heavy atom. The summed E-state index contributed by atoms with van der Waals surface area (Å²) in [6.45, 7) is 0. The molecule has 0 aliphatic carbocycles. The number of carbonyl (C=O) groups excluding carboxylic acids is 1. The first kappa shape index (κ1) is 22.5. The van der Waals surface area contributed by atoms with Gasteiger partial charge in [0.25, 0.3) is 5.91 Å². The summed E-state index contributed by atoms with van der Waals surface area (Å²) in [4.78, 5) is 19.1. The highest BCUT2D eigenvalue weighted by molar-refractivity contribution is 7.80. The molecular weight excluding hydrogens is 490 g/mol. The number of thiocarbonyl (C=S) groups is 1. The Bertz CT molecular complexity index is 1370. The molecule has 4 nitrogen and oxygen atoms in total. The third kappa shape index (κ3) is 3.47. The van der Waals surface area contributed by atoms with Crippen molar-refractivity contribution in [2.24, 2.45) is 4.99 Å². The number of amides is 1. The fraction of sp³-hybridized carbons (Fsp3) is 0.125. The van der Waals surface area contributed by atoms with E-state index in [2.05, 4.69) is 10.3 Å². The second-order valence-corrected chi connectivity index (χ2v) is 8.68. The molecular formula is C24H14ClF4N3OS. The topological polar surface area (TPSA) is 44.7 Å². The Morgan fingerprint density at radius 1 is 1.06 bits per heavy atom. The van der Waals surface area contributed by atoms with Crippen LogP contribution in [0.1, 0.15) is 23.1 Å². The third-order valence-electron chi connectivity index (χ3n) is 5.91. The predicted octanol–water partition coefficient (Wildman–Crippen LogP) is 6.33. The van der Waals surface area contributed by atoms with Gasteiger partial charge in [-0.2, -0.15) is 13.2 Å². The number of rotatable bonds is 2. The Labute approximate surface area is 201 Å². The molecule has 1 N–H and O–H groups in total. The van der Waals surface area contributed by atoms with Crippen LogP contribution in [0, 0.1) is 5.82 Å². The van der Waals surface area contributed by atoms with Gasteiger partial charge in [0.2, 0.25) is 5.11 Å². The van der Waals surface area contributed by atoms with E-state index in [4.69, 9.17) is 23.8 Å². The van der Waals surface area contributed by atoms with Crippen LogP contribution in [0.25, 0.3) is 0 Å². The lowest BCUT2D eigenvalue weighted by molar-refractivity contribution is -0.137. The van der Waals surface area contributed by atoms with Crippen molar-refractivity contribution in [1.82, 2.24) is 0 Å². The Balaban J connectivity index is 1.79. The Kier molecular flexibility index (Phi) is 5.22. The number of anilines is 2. The molecule has 34 heavy (non-hydrogen) atoms. The zero-order valence-electron chi connectivity index (χ0n) is 17.2. The maximum Gasteiger partial charge on any atom is 0.418 e. The normalized spacial score (nSPS) is 19.8. The molecule has 172 valence electrons. The van der Waals surface area contributed by atoms with Gasteiger partial charge in [-0.25, -0.2) is 9.38 Å². The molecule has 2 aliphatic heterocycles. The van der Waals surface area contributed by atoms with Crippen molar-refractivity contribution in [3.8, 4) is 0 Å². The fourth-order valence-corrected chi connectivity index (χ4v) is 4.97. The van der Waals surface area contributed by atoms with Crippen LogP contribution in [0.15, 0.2) is 71.7 Å². The minimum absolute atomic E-state index is 0.121. The lowest BCUT2D eigenvalue weighted by Gasteiger charge is -2.44. The SMILES string of the molecule is O=C1Nc2ccc(Cl)cc2C12CC(c1ccc(F)cc1)=NC(=S)N2c1ccccc1C(F)(F)F. The summed E-state index contributed by atoms with van der Waals surface area (Å²) in [5.74, 6) is -1.03. The van der Waals surface area contributed by atoms with Crippen LogP contribution in [0.3, 0.4) is 0 Å². The van der Waals surface area contributed by atoms with Crippen molar-refractivity contribution in [2.45, 2.75) is 18.1 Å². The predicted molar refractivity (Wildman–Crippen MR) is 126 cm³/mol. The molecule has 5 rings (SSSR count). The molecule has 3 aromatic carbocycles. The number of carbonyl (C=O) groups is 1. The lowest BCUT2D eigenvalue weighted by Crippen LogP contribution is -2.57. The van der Waals surface area contributed by atoms with Crippen LogP contribution in [0.5, 0.6) is 0 Å². The highest BCUT2D eigenvalue weighted by atomic mass is 35.5. The lowest BCUT2D eigenvalue weighted by atomic mass is 9.81. The number of benzene rings is 3. The summed E-state index contributed by atoms with van der Waals surface area (Å²) in [7, 11) is 0. The van der Waals surface area contributed by atoms with Crippen LogP contribution < -0.4 is 10.2 Å². The molecule has 2 aliphatic rings. The molecule has 0 aromatic heterocycles. The van der Waals surface area contributed by atoms with E-state index < -0.39 is 29.0 Å². The van der Waals surface area contributed by atoms with E-state index >= 15 is 0 Å². The van der Waals surface area contributed by atoms with Gasteiger partial charge in [-0.05, 0) is 60.2 Å². The van der Waals surface area contributed by atoms with E-state index in [-0.39, 0.29) is 17.2 Å². The molecule has 1 amide bonds. The van der Waals surface area contributed by atoms with Gasteiger partial charge in [0, 0.05) is 22.7 Å². The van der Waals surface area contributed by atoms with Gasteiger partial charge < -0.3 is 5.32 Å². The summed E-state index contributed by atoms with van der Waals surface area (Å²) in [6.07, 6.45) is -4.83. The Hall–Kier alpha value is -3.30. The number of alkyl halides is 3. The molecule has 0 fully saturated rings. The number of halogens is 5. The molecule has 2 heterocycles. The number of aliphatic imine (C=N–C) groups is 1. The van der Waals surface area contributed by atoms with Gasteiger partial charge in [0.15, 0.2) is 5.54 Å². The van der Waals surface area contributed by atoms with Crippen molar-refractivity contribution in [3.63, 3.8) is 0 Å². The molecule has 1 spiro atoms. The monoisotopic (exact) mass is 503 g/mol. The van der Waals surface area contributed by atoms with Gasteiger partial charge >= 0.3 is 6.18 Å². The summed E-state index contributed by atoms with van der Waals surface area (Å²) in [6, 6.07) is 15.0. The van der Waals surface area contributed by atoms with Crippen LogP contribution >= 0.6 is 23.8 Å². The van der Waals surface area contributed by atoms with Gasteiger partial charge in [0.05, 0.1) is 17.0 Å². The van der Waals surface area contributed by atoms with E-state index in [1.165, 1.54) is 48.5 Å². The molecule has 10 heteroatoms. The molecule has 3 aromatic rings. The minimum atomic E-state index is -4.71. The highest BCUT2D eigenvalue weighted by Gasteiger charge is 2.56. The summed E-state index contributed by atoms with van der Waals surface area (Å²) < 4.78 is 55.4. The minimum Gasteiger partial charge on any atom is -0.323 e. The van der Waals surface area contributed by atoms with Crippen molar-refractivity contribution in [1.29, 1.82) is 0 Å². The van der Waals surface area contributed by atoms with Crippen LogP contribution in [-0.4, -0.2) is 16.7 Å². The quantitative estimate of drug-likeness (QED) is 0.328. The average molecular weight is 504 g/mol. The van der Waals surface area contributed by atoms with Gasteiger partial charge in [-0.15, -0.1) is 0 Å². The highest BCUT2D eigenvalue weighted by Crippen LogP contribution is 2.50. The van der Waals surface area contributed by atoms with Crippen molar-refractivity contribution < 1.29 is 22.4 Å². The number of hydrogen-bond acceptors (Lipinski definition) is 2. The van der Waals surface area contributed by atoms with Gasteiger partial charge in [-0.3, -0.25) is 9.69 Å². The number of para-hydroxylation sites is 1. The van der Waals surface area contributed by atoms with Crippen molar-refractivity contribution in [2.75, 3.05) is 10.2 Å². The average Bonchev–Trinajstić information content (AvgIpc) is 3.04. The van der Waals surface area contributed by atoms with Gasteiger partial charge in [0.1, 0.15) is 5.82 Å². The zero-order valence-corrected chi connectivity index (χ0v) is 18.7. The molecule has 0 bridgehead atoms. The summed E-state index contributed by atoms with van der Waals surface area (Å²) >= 11 is 11.7. The second-order valence-electron chi connectivity index (χ2n) is 7.88. The zero-order chi connectivity index (χ0) is 24.3. The first-order valence-corrected chi connectivity index (χ1v) is 10.9. The Morgan fingerprint density at radius 3 is 2.47 bits per heavy atom. The molecule has 0 radical (unpaired) electrons. The number of hydrogen-bond donors (Lipinski definition) is 1. The van der Waals surface area contributed by atoms with E-state index in [1.807, 2.05) is 0 Å².